The number of para-hydroxylation sites is 1. The minimum Gasteiger partial charge on any atom is -0.379 e. The van der Waals surface area contributed by atoms with Crippen molar-refractivity contribution < 1.29 is 30.6 Å². The first-order chi connectivity index (χ1) is 15.5. The Labute approximate surface area is 192 Å². The minimum atomic E-state index is -4.72. The Morgan fingerprint density at radius 3 is 2.33 bits per heavy atom. The molecule has 11 heteroatoms. The lowest BCUT2D eigenvalue weighted by molar-refractivity contribution is -0.137. The SMILES string of the molecule is O=C(Cc1ccc(Cl)cc1)N/N=C/c1cc(C(F)(F)F)ccc1S(=O)(=O)Oc1ccccc1. The molecular weight excluding hydrogens is 481 g/mol. The maximum absolute atomic E-state index is 13.2. The van der Waals surface area contributed by atoms with Crippen molar-refractivity contribution in [3.05, 3.63) is 94.5 Å². The zero-order chi connectivity index (χ0) is 24.1. The molecule has 0 unspecified atom stereocenters. The van der Waals surface area contributed by atoms with Gasteiger partial charge in [0.25, 0.3) is 0 Å². The molecule has 0 spiro atoms. The molecule has 3 aromatic rings. The molecule has 0 bridgehead atoms. The average molecular weight is 497 g/mol. The zero-order valence-corrected chi connectivity index (χ0v) is 18.3. The van der Waals surface area contributed by atoms with Gasteiger partial charge in [0, 0.05) is 10.6 Å². The molecule has 0 saturated heterocycles. The third kappa shape index (κ3) is 6.80. The van der Waals surface area contributed by atoms with E-state index < -0.39 is 38.2 Å². The lowest BCUT2D eigenvalue weighted by atomic mass is 10.1. The first-order valence-electron chi connectivity index (χ1n) is 9.32. The van der Waals surface area contributed by atoms with Gasteiger partial charge >= 0.3 is 16.3 Å². The molecule has 1 amide bonds. The van der Waals surface area contributed by atoms with Gasteiger partial charge < -0.3 is 4.18 Å². The lowest BCUT2D eigenvalue weighted by Gasteiger charge is -2.12. The third-order valence-electron chi connectivity index (χ3n) is 4.23. The van der Waals surface area contributed by atoms with Gasteiger partial charge in [-0.05, 0) is 48.0 Å². The molecular formula is C22H16ClF3N2O4S. The van der Waals surface area contributed by atoms with Crippen LogP contribution in [0, 0.1) is 0 Å². The van der Waals surface area contributed by atoms with Gasteiger partial charge in [0.15, 0.2) is 0 Å². The number of rotatable bonds is 7. The summed E-state index contributed by atoms with van der Waals surface area (Å²) in [5.41, 5.74) is 1.29. The predicted molar refractivity (Wildman–Crippen MR) is 117 cm³/mol. The van der Waals surface area contributed by atoms with Crippen molar-refractivity contribution in [3.8, 4) is 5.75 Å². The van der Waals surface area contributed by atoms with Gasteiger partial charge in [0.05, 0.1) is 18.2 Å². The van der Waals surface area contributed by atoms with Crippen LogP contribution in [0.25, 0.3) is 0 Å². The first-order valence-corrected chi connectivity index (χ1v) is 11.1. The number of halogens is 4. The number of hydrogen-bond donors (Lipinski definition) is 1. The number of hydrogen-bond acceptors (Lipinski definition) is 5. The maximum Gasteiger partial charge on any atom is 0.416 e. The second kappa shape index (κ2) is 10.1. The van der Waals surface area contributed by atoms with E-state index in [-0.39, 0.29) is 12.2 Å². The molecule has 0 saturated carbocycles. The van der Waals surface area contributed by atoms with E-state index in [0.29, 0.717) is 22.7 Å². The Hall–Kier alpha value is -3.37. The van der Waals surface area contributed by atoms with Crippen molar-refractivity contribution in [1.82, 2.24) is 5.43 Å². The molecule has 0 aliphatic rings. The normalized spacial score (nSPS) is 12.0. The number of benzene rings is 3. The third-order valence-corrected chi connectivity index (χ3v) is 5.80. The van der Waals surface area contributed by atoms with E-state index in [4.69, 9.17) is 15.8 Å². The summed E-state index contributed by atoms with van der Waals surface area (Å²) in [5.74, 6) is -0.581. The molecule has 172 valence electrons. The Balaban J connectivity index is 1.85. The molecule has 33 heavy (non-hydrogen) atoms. The fraction of sp³-hybridized carbons (Fsp3) is 0.0909. The van der Waals surface area contributed by atoms with Crippen molar-refractivity contribution in [3.63, 3.8) is 0 Å². The molecule has 0 radical (unpaired) electrons. The molecule has 0 aromatic heterocycles. The summed E-state index contributed by atoms with van der Waals surface area (Å²) in [6.45, 7) is 0. The van der Waals surface area contributed by atoms with Crippen LogP contribution in [0.4, 0.5) is 13.2 Å². The second-order valence-electron chi connectivity index (χ2n) is 6.70. The van der Waals surface area contributed by atoms with E-state index in [0.717, 1.165) is 12.3 Å². The van der Waals surface area contributed by atoms with E-state index in [2.05, 4.69) is 10.5 Å². The summed E-state index contributed by atoms with van der Waals surface area (Å²) in [5, 5.41) is 4.12. The van der Waals surface area contributed by atoms with E-state index in [1.54, 1.807) is 30.3 Å². The fourth-order valence-corrected chi connectivity index (χ4v) is 3.92. The van der Waals surface area contributed by atoms with E-state index >= 15 is 0 Å². The van der Waals surface area contributed by atoms with E-state index in [1.807, 2.05) is 0 Å². The molecule has 0 aliphatic carbocycles. The van der Waals surface area contributed by atoms with Gasteiger partial charge in [-0.25, -0.2) is 5.43 Å². The fourth-order valence-electron chi connectivity index (χ4n) is 2.70. The molecule has 1 N–H and O–H groups in total. The van der Waals surface area contributed by atoms with Crippen LogP contribution in [-0.2, 0) is 27.5 Å². The molecule has 0 aliphatic heterocycles. The van der Waals surface area contributed by atoms with Crippen LogP contribution in [-0.4, -0.2) is 20.5 Å². The van der Waals surface area contributed by atoms with Crippen molar-refractivity contribution in [1.29, 1.82) is 0 Å². The topological polar surface area (TPSA) is 84.8 Å². The summed E-state index contributed by atoms with van der Waals surface area (Å²) in [4.78, 5) is 11.5. The van der Waals surface area contributed by atoms with Crippen LogP contribution < -0.4 is 9.61 Å². The summed E-state index contributed by atoms with van der Waals surface area (Å²) in [6, 6.07) is 15.9. The van der Waals surface area contributed by atoms with Gasteiger partial charge in [-0.2, -0.15) is 26.7 Å². The Morgan fingerprint density at radius 2 is 1.70 bits per heavy atom. The molecule has 3 aromatic carbocycles. The zero-order valence-electron chi connectivity index (χ0n) is 16.7. The number of amides is 1. The highest BCUT2D eigenvalue weighted by Crippen LogP contribution is 2.32. The highest BCUT2D eigenvalue weighted by atomic mass is 35.5. The van der Waals surface area contributed by atoms with Crippen LogP contribution in [0.15, 0.2) is 82.8 Å². The number of carbonyl (C=O) groups excluding carboxylic acids is 1. The van der Waals surface area contributed by atoms with Gasteiger partial charge in [0.1, 0.15) is 10.6 Å². The Morgan fingerprint density at radius 1 is 1.03 bits per heavy atom. The van der Waals surface area contributed by atoms with Crippen LogP contribution in [0.3, 0.4) is 0 Å². The predicted octanol–water partition coefficient (Wildman–Crippen LogP) is 4.82. The van der Waals surface area contributed by atoms with Crippen LogP contribution in [0.5, 0.6) is 5.75 Å². The standard InChI is InChI=1S/C22H16ClF3N2O4S/c23-18-9-6-15(7-10-18)12-21(29)28-27-14-16-13-17(22(24,25)26)8-11-20(16)33(30,31)32-19-4-2-1-3-5-19/h1-11,13-14H,12H2,(H,28,29)/b27-14+. The number of nitrogens with zero attached hydrogens (tertiary/aromatic N) is 1. The average Bonchev–Trinajstić information content (AvgIpc) is 2.75. The molecule has 3 rings (SSSR count). The Bertz CT molecular complexity index is 1260. The van der Waals surface area contributed by atoms with Crippen molar-refractivity contribution >= 4 is 33.8 Å². The van der Waals surface area contributed by atoms with E-state index in [9.17, 15) is 26.4 Å². The van der Waals surface area contributed by atoms with Gasteiger partial charge in [0.2, 0.25) is 5.91 Å². The molecule has 0 atom stereocenters. The van der Waals surface area contributed by atoms with Crippen molar-refractivity contribution in [2.45, 2.75) is 17.5 Å². The van der Waals surface area contributed by atoms with Gasteiger partial charge in [-0.3, -0.25) is 4.79 Å². The molecule has 0 fully saturated rings. The number of hydrazone groups is 1. The molecule has 0 heterocycles. The number of carbonyl (C=O) groups is 1. The summed E-state index contributed by atoms with van der Waals surface area (Å²) >= 11 is 5.78. The van der Waals surface area contributed by atoms with Crippen molar-refractivity contribution in [2.75, 3.05) is 0 Å². The van der Waals surface area contributed by atoms with Crippen LogP contribution in [0.2, 0.25) is 5.02 Å². The maximum atomic E-state index is 13.2. The number of alkyl halides is 3. The largest absolute Gasteiger partial charge is 0.416 e. The van der Waals surface area contributed by atoms with Gasteiger partial charge in [-0.1, -0.05) is 41.9 Å². The van der Waals surface area contributed by atoms with Gasteiger partial charge in [-0.15, -0.1) is 0 Å². The van der Waals surface area contributed by atoms with Crippen molar-refractivity contribution in [2.24, 2.45) is 5.10 Å². The Kier molecular flexibility index (Phi) is 7.39. The quantitative estimate of drug-likeness (QED) is 0.289. The molecule has 6 nitrogen and oxygen atoms in total. The summed E-state index contributed by atoms with van der Waals surface area (Å²) in [7, 11) is -4.49. The highest BCUT2D eigenvalue weighted by molar-refractivity contribution is 7.87. The lowest BCUT2D eigenvalue weighted by Crippen LogP contribution is -2.20. The first kappa shape index (κ1) is 24.3. The highest BCUT2D eigenvalue weighted by Gasteiger charge is 2.32. The van der Waals surface area contributed by atoms with Crippen LogP contribution >= 0.6 is 11.6 Å². The smallest absolute Gasteiger partial charge is 0.379 e. The van der Waals surface area contributed by atoms with Crippen LogP contribution in [0.1, 0.15) is 16.7 Å². The minimum absolute atomic E-state index is 0.0171. The monoisotopic (exact) mass is 496 g/mol. The second-order valence-corrected chi connectivity index (χ2v) is 8.65. The van der Waals surface area contributed by atoms with E-state index in [1.165, 1.54) is 24.3 Å². The number of nitrogens with one attached hydrogen (secondary N) is 1. The summed E-state index contributed by atoms with van der Waals surface area (Å²) in [6.07, 6.45) is -3.97. The summed E-state index contributed by atoms with van der Waals surface area (Å²) < 4.78 is 69.9.